The van der Waals surface area contributed by atoms with Crippen LogP contribution in [-0.4, -0.2) is 209 Å². The van der Waals surface area contributed by atoms with Gasteiger partial charge in [-0.3, -0.25) is 62.5 Å². The van der Waals surface area contributed by atoms with Crippen LogP contribution in [-0.2, 0) is 76.8 Å². The van der Waals surface area contributed by atoms with Gasteiger partial charge in [-0.15, -0.1) is 0 Å². The number of carbonyl (C=O) groups is 12. The Balaban J connectivity index is 1.37. The quantitative estimate of drug-likeness (QED) is 0.0120. The zero-order valence-electron chi connectivity index (χ0n) is 52.0. The molecule has 10 amide bonds. The number of nitrogens with zero attached hydrogens (tertiary/aromatic N) is 4. The van der Waals surface area contributed by atoms with Crippen molar-refractivity contribution in [3.8, 4) is 0 Å². The average molecular weight is 1300 g/mol. The number of carbonyl (C=O) groups excluding carboxylic acids is 10. The van der Waals surface area contributed by atoms with Gasteiger partial charge in [0.05, 0.1) is 25.1 Å². The fraction of sp³-hybridized carbons (Fsp3) is 0.534. The molecular formula is C58H85N19O14S. The highest BCUT2D eigenvalue weighted by Gasteiger charge is 2.42. The summed E-state index contributed by atoms with van der Waals surface area (Å²) in [6.07, 6.45) is 8.70. The Morgan fingerprint density at radius 1 is 0.663 bits per heavy atom. The molecule has 4 aromatic rings. The third-order valence-electron chi connectivity index (χ3n) is 15.3. The number of hydrogen-bond donors (Lipinski definition) is 17. The van der Waals surface area contributed by atoms with Gasteiger partial charge in [-0.25, -0.2) is 9.97 Å². The molecule has 4 heterocycles. The van der Waals surface area contributed by atoms with E-state index < -0.39 is 150 Å². The molecule has 0 saturated carbocycles. The zero-order chi connectivity index (χ0) is 67.8. The van der Waals surface area contributed by atoms with Crippen molar-refractivity contribution in [2.45, 2.75) is 165 Å². The fourth-order valence-corrected chi connectivity index (χ4v) is 10.4. The number of carboxylic acids is 2. The van der Waals surface area contributed by atoms with Crippen molar-refractivity contribution in [2.75, 3.05) is 25.1 Å². The van der Waals surface area contributed by atoms with Gasteiger partial charge in [0.1, 0.15) is 60.4 Å². The summed E-state index contributed by atoms with van der Waals surface area (Å²) in [7, 11) is 0. The molecule has 3 aromatic heterocycles. The number of nitrogens with one attached hydrogen (secondary N) is 12. The number of thioether (sulfide) groups is 1. The second-order valence-electron chi connectivity index (χ2n) is 22.5. The third-order valence-corrected chi connectivity index (χ3v) is 15.9. The summed E-state index contributed by atoms with van der Waals surface area (Å²) in [5, 5.41) is 42.8. The normalized spacial score (nSPS) is 16.4. The third kappa shape index (κ3) is 22.1. The number of carboxylic acid groups (broad SMARTS) is 2. The van der Waals surface area contributed by atoms with Crippen molar-refractivity contribution in [1.82, 2.24) is 77.7 Å². The van der Waals surface area contributed by atoms with Crippen LogP contribution in [0.4, 0.5) is 0 Å². The van der Waals surface area contributed by atoms with E-state index in [1.165, 1.54) is 55.6 Å². The van der Waals surface area contributed by atoms with Crippen LogP contribution in [0.25, 0.3) is 10.9 Å². The first kappa shape index (κ1) is 73.1. The lowest BCUT2D eigenvalue weighted by molar-refractivity contribution is -0.143. The topological polar surface area (TPSA) is 520 Å². The van der Waals surface area contributed by atoms with Gasteiger partial charge in [-0.2, -0.15) is 11.8 Å². The van der Waals surface area contributed by atoms with Gasteiger partial charge in [0.15, 0.2) is 5.96 Å². The number of amides is 10. The second-order valence-corrected chi connectivity index (χ2v) is 23.5. The molecule has 0 spiro atoms. The molecule has 1 aliphatic rings. The molecule has 0 aliphatic carbocycles. The number of benzene rings is 1. The van der Waals surface area contributed by atoms with Crippen LogP contribution in [0.2, 0.25) is 0 Å². The lowest BCUT2D eigenvalue weighted by Crippen LogP contribution is -2.61. The maximum absolute atomic E-state index is 14.8. The van der Waals surface area contributed by atoms with E-state index >= 15 is 0 Å². The van der Waals surface area contributed by atoms with Crippen LogP contribution in [0.5, 0.6) is 0 Å². The van der Waals surface area contributed by atoms with Crippen LogP contribution in [0.3, 0.4) is 0 Å². The summed E-state index contributed by atoms with van der Waals surface area (Å²) in [5.74, 6) is -11.8. The predicted octanol–water partition coefficient (Wildman–Crippen LogP) is -3.20. The summed E-state index contributed by atoms with van der Waals surface area (Å²) in [6.45, 7) is 7.50. The summed E-state index contributed by atoms with van der Waals surface area (Å²) in [6, 6.07) is -7.64. The minimum absolute atomic E-state index is 0.00404. The number of guanidine groups is 1. The molecule has 92 heavy (non-hydrogen) atoms. The first-order chi connectivity index (χ1) is 43.7. The maximum Gasteiger partial charge on any atom is 0.325 e. The predicted molar refractivity (Wildman–Crippen MR) is 336 cm³/mol. The van der Waals surface area contributed by atoms with E-state index in [0.29, 0.717) is 40.7 Å². The summed E-state index contributed by atoms with van der Waals surface area (Å²) < 4.78 is 0. The Labute approximate surface area is 534 Å². The van der Waals surface area contributed by atoms with Crippen molar-refractivity contribution in [3.05, 3.63) is 72.5 Å². The number of rotatable bonds is 37. The van der Waals surface area contributed by atoms with Crippen molar-refractivity contribution in [1.29, 1.82) is 0 Å². The molecular weight excluding hydrogens is 1220 g/mol. The van der Waals surface area contributed by atoms with Crippen LogP contribution in [0.1, 0.15) is 96.5 Å². The number of aliphatic carboxylic acids is 2. The number of fused-ring (bicyclic) bond motifs is 1. The number of para-hydroxylation sites is 1. The molecule has 34 heteroatoms. The number of hydrogen-bond acceptors (Lipinski definition) is 17. The first-order valence-electron chi connectivity index (χ1n) is 30.0. The van der Waals surface area contributed by atoms with E-state index in [4.69, 9.17) is 17.2 Å². The van der Waals surface area contributed by atoms with Crippen LogP contribution in [0, 0.1) is 5.92 Å². The lowest BCUT2D eigenvalue weighted by Gasteiger charge is -2.32. The molecule has 0 radical (unpaired) electrons. The van der Waals surface area contributed by atoms with Gasteiger partial charge in [0, 0.05) is 73.2 Å². The summed E-state index contributed by atoms with van der Waals surface area (Å²) >= 11 is 1.29. The Bertz CT molecular complexity index is 3230. The molecule has 1 aliphatic heterocycles. The number of imidazole rings is 2. The lowest BCUT2D eigenvalue weighted by atomic mass is 9.96. The standard InChI is InChI=1S/C58H85N19O14S/c1-7-29(2)46(76-54(87)44-15-11-18-77(44)56(89)43(22-35-26-63-28-67-35)75-53(86)41(72-47(80)30(3)59)21-34-25-62-27-66-34)55(88)74-40(20-33-24-65-37-13-9-8-12-36(33)37)51(84)68-31(4)48(81)70-38(14-10-17-64-58(60)61)49(82)71-39(16-19-92-6)50(83)73-42(23-45(78)79)52(85)69-32(5)57(90)91/h8-9,12-13,24-32,38-44,46,65H,7,10-11,14-23,59H2,1-6H3,(H,62,66)(H,63,67)(H,68,84)(H,69,85)(H,70,81)(H,71,82)(H,72,80)(H,73,83)(H,74,88)(H,75,86)(H,76,87)(H,78,79)(H,90,91)(H4,60,61,64). The second kappa shape index (κ2) is 35.7. The highest BCUT2D eigenvalue weighted by Crippen LogP contribution is 2.23. The van der Waals surface area contributed by atoms with Gasteiger partial charge in [0.2, 0.25) is 59.1 Å². The van der Waals surface area contributed by atoms with E-state index in [1.54, 1.807) is 44.5 Å². The molecule has 1 aromatic carbocycles. The van der Waals surface area contributed by atoms with Crippen molar-refractivity contribution < 1.29 is 67.7 Å². The largest absolute Gasteiger partial charge is 0.481 e. The zero-order valence-corrected chi connectivity index (χ0v) is 52.9. The number of H-pyrrole nitrogens is 3. The fourth-order valence-electron chi connectivity index (χ4n) is 9.92. The Kier molecular flexibility index (Phi) is 28.4. The summed E-state index contributed by atoms with van der Waals surface area (Å²) in [4.78, 5) is 186. The molecule has 33 nitrogen and oxygen atoms in total. The number of aliphatic imine (C=N–C) groups is 1. The van der Waals surface area contributed by atoms with Gasteiger partial charge in [-0.1, -0.05) is 38.5 Å². The van der Waals surface area contributed by atoms with Crippen molar-refractivity contribution >= 4 is 99.6 Å². The number of aromatic amines is 3. The van der Waals surface area contributed by atoms with E-state index in [9.17, 15) is 67.7 Å². The van der Waals surface area contributed by atoms with Crippen molar-refractivity contribution in [3.63, 3.8) is 0 Å². The van der Waals surface area contributed by atoms with E-state index in [2.05, 4.69) is 77.8 Å². The monoisotopic (exact) mass is 1300 g/mol. The molecule has 20 N–H and O–H groups in total. The highest BCUT2D eigenvalue weighted by atomic mass is 32.2. The molecule has 502 valence electrons. The minimum atomic E-state index is -1.76. The van der Waals surface area contributed by atoms with E-state index in [1.807, 2.05) is 6.07 Å². The van der Waals surface area contributed by atoms with Crippen LogP contribution < -0.4 is 65.1 Å². The van der Waals surface area contributed by atoms with Gasteiger partial charge < -0.3 is 95.1 Å². The van der Waals surface area contributed by atoms with Gasteiger partial charge >= 0.3 is 11.9 Å². The Morgan fingerprint density at radius 2 is 1.21 bits per heavy atom. The van der Waals surface area contributed by atoms with Gasteiger partial charge in [-0.05, 0) is 82.4 Å². The Hall–Kier alpha value is -9.60. The minimum Gasteiger partial charge on any atom is -0.481 e. The molecule has 12 unspecified atom stereocenters. The first-order valence-corrected chi connectivity index (χ1v) is 31.4. The number of likely N-dealkylation sites (tertiary alicyclic amines) is 1. The number of aromatic nitrogens is 5. The van der Waals surface area contributed by atoms with E-state index in [0.717, 1.165) is 6.92 Å². The average Bonchev–Trinajstić information content (AvgIpc) is 1.63. The van der Waals surface area contributed by atoms with Crippen LogP contribution >= 0.6 is 11.8 Å². The Morgan fingerprint density at radius 3 is 1.80 bits per heavy atom. The molecule has 1 saturated heterocycles. The smallest absolute Gasteiger partial charge is 0.325 e. The van der Waals surface area contributed by atoms with Crippen LogP contribution in [0.15, 0.2) is 60.5 Å². The molecule has 1 fully saturated rings. The maximum atomic E-state index is 14.8. The molecule has 5 rings (SSSR count). The molecule has 0 bridgehead atoms. The highest BCUT2D eigenvalue weighted by molar-refractivity contribution is 7.98. The SMILES string of the molecule is CCC(C)C(NC(=O)C1CCCN1C(=O)C(Cc1cnc[nH]1)NC(=O)C(Cc1cnc[nH]1)NC(=O)C(C)N)C(=O)NC(Cc1c[nH]c2ccccc12)C(=O)NC(C)C(=O)NC(CCCN=C(N)N)C(=O)NC(CCSC)C(=O)NC(CC(=O)O)C(=O)NC(C)C(=O)O. The number of nitrogens with two attached hydrogens (primary N) is 3. The van der Waals surface area contributed by atoms with E-state index in [-0.39, 0.29) is 69.7 Å². The van der Waals surface area contributed by atoms with Crippen molar-refractivity contribution in [2.24, 2.45) is 28.1 Å². The summed E-state index contributed by atoms with van der Waals surface area (Å²) in [5.41, 5.74) is 19.2. The van der Waals surface area contributed by atoms with Gasteiger partial charge in [0.25, 0.3) is 0 Å². The molecule has 12 atom stereocenters.